The van der Waals surface area contributed by atoms with E-state index in [2.05, 4.69) is 10.4 Å². The first kappa shape index (κ1) is 15.8. The highest BCUT2D eigenvalue weighted by atomic mass is 16.3. The van der Waals surface area contributed by atoms with Gasteiger partial charge in [0.25, 0.3) is 0 Å². The summed E-state index contributed by atoms with van der Waals surface area (Å²) in [7, 11) is 1.93. The number of carbonyl (C=O) groups is 1. The van der Waals surface area contributed by atoms with Gasteiger partial charge in [-0.2, -0.15) is 5.10 Å². The predicted octanol–water partition coefficient (Wildman–Crippen LogP) is 0.992. The molecule has 1 saturated heterocycles. The average molecular weight is 294 g/mol. The van der Waals surface area contributed by atoms with Crippen LogP contribution in [0.1, 0.15) is 30.3 Å². The maximum Gasteiger partial charge on any atom is 0.317 e. The van der Waals surface area contributed by atoms with Crippen molar-refractivity contribution in [2.45, 2.75) is 39.7 Å². The topological polar surface area (TPSA) is 70.4 Å². The normalized spacial score (nSPS) is 22.4. The molecule has 6 heteroatoms. The van der Waals surface area contributed by atoms with Gasteiger partial charge in [0.15, 0.2) is 0 Å². The Morgan fingerprint density at radius 2 is 2.19 bits per heavy atom. The van der Waals surface area contributed by atoms with Crippen LogP contribution in [0.15, 0.2) is 0 Å². The van der Waals surface area contributed by atoms with Crippen LogP contribution in [0.5, 0.6) is 0 Å². The first-order valence-corrected chi connectivity index (χ1v) is 7.60. The number of urea groups is 1. The van der Waals surface area contributed by atoms with E-state index in [-0.39, 0.29) is 11.9 Å². The van der Waals surface area contributed by atoms with Crippen LogP contribution in [0.25, 0.3) is 0 Å². The lowest BCUT2D eigenvalue weighted by molar-refractivity contribution is 0.0436. The van der Waals surface area contributed by atoms with E-state index in [1.54, 1.807) is 4.90 Å². The van der Waals surface area contributed by atoms with Crippen LogP contribution in [-0.4, -0.2) is 51.6 Å². The number of piperidine rings is 1. The fraction of sp³-hybridized carbons (Fsp3) is 0.733. The number of aliphatic hydroxyl groups excluding tert-OH is 1. The Hall–Kier alpha value is -1.56. The minimum atomic E-state index is -0.410. The summed E-state index contributed by atoms with van der Waals surface area (Å²) in [6.07, 6.45) is 1.23. The molecule has 2 heterocycles. The van der Waals surface area contributed by atoms with E-state index in [4.69, 9.17) is 0 Å². The van der Waals surface area contributed by atoms with Gasteiger partial charge in [0.05, 0.1) is 11.8 Å². The third-order valence-corrected chi connectivity index (χ3v) is 4.52. The van der Waals surface area contributed by atoms with E-state index in [1.165, 1.54) is 5.56 Å². The maximum absolute atomic E-state index is 12.1. The minimum Gasteiger partial charge on any atom is -0.391 e. The van der Waals surface area contributed by atoms with Crippen LogP contribution in [0.4, 0.5) is 4.79 Å². The molecule has 1 aromatic heterocycles. The van der Waals surface area contributed by atoms with Crippen molar-refractivity contribution in [3.05, 3.63) is 17.0 Å². The van der Waals surface area contributed by atoms with Crippen molar-refractivity contribution >= 4 is 6.03 Å². The molecule has 0 radical (unpaired) electrons. The molecular weight excluding hydrogens is 268 g/mol. The van der Waals surface area contributed by atoms with Gasteiger partial charge in [-0.3, -0.25) is 4.68 Å². The second-order valence-corrected chi connectivity index (χ2v) is 6.03. The van der Waals surface area contributed by atoms with Crippen LogP contribution < -0.4 is 5.32 Å². The Labute approximate surface area is 126 Å². The SMILES string of the molecule is Cc1nn(C)c(C)c1CCNC(=O)N1CCC(C)C(O)C1. The second kappa shape index (κ2) is 6.47. The molecule has 2 atom stereocenters. The van der Waals surface area contributed by atoms with Gasteiger partial charge >= 0.3 is 6.03 Å². The molecule has 0 spiro atoms. The van der Waals surface area contributed by atoms with E-state index in [9.17, 15) is 9.90 Å². The standard InChI is InChI=1S/C15H26N4O2/c1-10-6-8-19(9-14(10)20)15(21)16-7-5-13-11(2)17-18(4)12(13)3/h10,14,20H,5-9H2,1-4H3,(H,16,21). The molecule has 2 rings (SSSR count). The lowest BCUT2D eigenvalue weighted by Crippen LogP contribution is -2.50. The summed E-state index contributed by atoms with van der Waals surface area (Å²) in [5.74, 6) is 0.273. The molecule has 1 aromatic rings. The monoisotopic (exact) mass is 294 g/mol. The number of nitrogens with zero attached hydrogens (tertiary/aromatic N) is 3. The number of rotatable bonds is 3. The summed E-state index contributed by atoms with van der Waals surface area (Å²) in [5, 5.41) is 17.2. The number of β-amino-alcohol motifs (C(OH)–C–C–N with tert-alkyl or cyclic N) is 1. The molecule has 2 amide bonds. The Morgan fingerprint density at radius 1 is 1.48 bits per heavy atom. The predicted molar refractivity (Wildman–Crippen MR) is 81.1 cm³/mol. The Balaban J connectivity index is 1.82. The van der Waals surface area contributed by atoms with Crippen LogP contribution >= 0.6 is 0 Å². The van der Waals surface area contributed by atoms with Crippen molar-refractivity contribution in [2.75, 3.05) is 19.6 Å². The highest BCUT2D eigenvalue weighted by Gasteiger charge is 2.27. The third-order valence-electron chi connectivity index (χ3n) is 4.52. The summed E-state index contributed by atoms with van der Waals surface area (Å²) in [6, 6.07) is -0.0832. The zero-order valence-corrected chi connectivity index (χ0v) is 13.4. The first-order chi connectivity index (χ1) is 9.90. The molecule has 21 heavy (non-hydrogen) atoms. The summed E-state index contributed by atoms with van der Waals surface area (Å²) in [5.41, 5.74) is 3.36. The maximum atomic E-state index is 12.1. The summed E-state index contributed by atoms with van der Waals surface area (Å²) in [6.45, 7) is 7.79. The number of nitrogens with one attached hydrogen (secondary N) is 1. The summed E-state index contributed by atoms with van der Waals surface area (Å²) in [4.78, 5) is 13.8. The number of carbonyl (C=O) groups excluding carboxylic acids is 1. The molecule has 0 aliphatic carbocycles. The molecule has 0 saturated carbocycles. The zero-order chi connectivity index (χ0) is 15.6. The highest BCUT2D eigenvalue weighted by Crippen LogP contribution is 2.17. The lowest BCUT2D eigenvalue weighted by atomic mass is 9.96. The molecule has 2 unspecified atom stereocenters. The fourth-order valence-electron chi connectivity index (χ4n) is 2.82. The zero-order valence-electron chi connectivity index (χ0n) is 13.4. The van der Waals surface area contributed by atoms with Gasteiger partial charge in [0, 0.05) is 32.4 Å². The third kappa shape index (κ3) is 3.56. The van der Waals surface area contributed by atoms with Gasteiger partial charge in [0.2, 0.25) is 0 Å². The number of aryl methyl sites for hydroxylation is 2. The largest absolute Gasteiger partial charge is 0.391 e. The molecule has 0 bridgehead atoms. The molecule has 6 nitrogen and oxygen atoms in total. The molecule has 1 fully saturated rings. The van der Waals surface area contributed by atoms with Crippen molar-refractivity contribution in [1.82, 2.24) is 20.0 Å². The number of hydrogen-bond donors (Lipinski definition) is 2. The highest BCUT2D eigenvalue weighted by molar-refractivity contribution is 5.74. The summed E-state index contributed by atoms with van der Waals surface area (Å²) < 4.78 is 1.87. The minimum absolute atomic E-state index is 0.0832. The number of aliphatic hydroxyl groups is 1. The van der Waals surface area contributed by atoms with Crippen LogP contribution in [0, 0.1) is 19.8 Å². The fourth-order valence-corrected chi connectivity index (χ4v) is 2.82. The molecular formula is C15H26N4O2. The van der Waals surface area contributed by atoms with Crippen molar-refractivity contribution in [1.29, 1.82) is 0 Å². The number of aromatic nitrogens is 2. The molecule has 2 N–H and O–H groups in total. The van der Waals surface area contributed by atoms with Gasteiger partial charge in [0.1, 0.15) is 0 Å². The molecule has 118 valence electrons. The molecule has 1 aliphatic heterocycles. The Bertz CT molecular complexity index is 512. The second-order valence-electron chi connectivity index (χ2n) is 6.03. The number of likely N-dealkylation sites (tertiary alicyclic amines) is 1. The molecule has 1 aliphatic rings. The van der Waals surface area contributed by atoms with E-state index in [0.29, 0.717) is 13.1 Å². The quantitative estimate of drug-likeness (QED) is 0.873. The average Bonchev–Trinajstić information content (AvgIpc) is 2.68. The molecule has 0 aromatic carbocycles. The van der Waals surface area contributed by atoms with E-state index < -0.39 is 6.10 Å². The van der Waals surface area contributed by atoms with Crippen molar-refractivity contribution in [3.63, 3.8) is 0 Å². The van der Waals surface area contributed by atoms with Gasteiger partial charge in [-0.1, -0.05) is 6.92 Å². The van der Waals surface area contributed by atoms with Crippen molar-refractivity contribution < 1.29 is 9.90 Å². The van der Waals surface area contributed by atoms with Crippen LogP contribution in [0.3, 0.4) is 0 Å². The Morgan fingerprint density at radius 3 is 2.76 bits per heavy atom. The van der Waals surface area contributed by atoms with Crippen molar-refractivity contribution in [2.24, 2.45) is 13.0 Å². The number of hydrogen-bond acceptors (Lipinski definition) is 3. The van der Waals surface area contributed by atoms with Gasteiger partial charge in [-0.05, 0) is 38.2 Å². The number of amides is 2. The van der Waals surface area contributed by atoms with Gasteiger partial charge in [-0.25, -0.2) is 4.79 Å². The van der Waals surface area contributed by atoms with Crippen LogP contribution in [0.2, 0.25) is 0 Å². The van der Waals surface area contributed by atoms with Gasteiger partial charge in [-0.15, -0.1) is 0 Å². The van der Waals surface area contributed by atoms with E-state index >= 15 is 0 Å². The Kier molecular flexibility index (Phi) is 4.88. The van der Waals surface area contributed by atoms with E-state index in [1.807, 2.05) is 32.5 Å². The lowest BCUT2D eigenvalue weighted by Gasteiger charge is -2.34. The van der Waals surface area contributed by atoms with Crippen molar-refractivity contribution in [3.8, 4) is 0 Å². The summed E-state index contributed by atoms with van der Waals surface area (Å²) >= 11 is 0. The smallest absolute Gasteiger partial charge is 0.317 e. The van der Waals surface area contributed by atoms with Gasteiger partial charge < -0.3 is 15.3 Å². The first-order valence-electron chi connectivity index (χ1n) is 7.60. The van der Waals surface area contributed by atoms with E-state index in [0.717, 1.165) is 30.8 Å². The van der Waals surface area contributed by atoms with Crippen LogP contribution in [-0.2, 0) is 13.5 Å².